The van der Waals surface area contributed by atoms with E-state index >= 15 is 0 Å². The van der Waals surface area contributed by atoms with Gasteiger partial charge in [0.15, 0.2) is 0 Å². The summed E-state index contributed by atoms with van der Waals surface area (Å²) in [5, 5.41) is 2.94. The summed E-state index contributed by atoms with van der Waals surface area (Å²) in [6, 6.07) is 5.15. The zero-order valence-corrected chi connectivity index (χ0v) is 11.2. The standard InChI is InChI=1S/C13H21N5O/c1-18-7-3-4-10(9-18)8-15-13(19)11-5-2-6-12(16-11)17-14/h2,5-6,10H,3-4,7-9,14H2,1H3,(H,15,19)(H,16,17). The number of anilines is 1. The SMILES string of the molecule is CN1CCCC(CNC(=O)c2cccc(NN)n2)C1. The van der Waals surface area contributed by atoms with Gasteiger partial charge in [-0.3, -0.25) is 4.79 Å². The van der Waals surface area contributed by atoms with E-state index in [1.807, 2.05) is 0 Å². The van der Waals surface area contributed by atoms with Crippen molar-refractivity contribution in [3.8, 4) is 0 Å². The lowest BCUT2D eigenvalue weighted by Crippen LogP contribution is -2.39. The van der Waals surface area contributed by atoms with Crippen LogP contribution in [0.2, 0.25) is 0 Å². The van der Waals surface area contributed by atoms with Gasteiger partial charge in [0.05, 0.1) is 0 Å². The van der Waals surface area contributed by atoms with Crippen molar-refractivity contribution in [3.63, 3.8) is 0 Å². The minimum Gasteiger partial charge on any atom is -0.350 e. The number of carbonyl (C=O) groups excluding carboxylic acids is 1. The molecule has 0 spiro atoms. The zero-order valence-electron chi connectivity index (χ0n) is 11.2. The molecule has 4 N–H and O–H groups in total. The number of piperidine rings is 1. The molecule has 0 radical (unpaired) electrons. The maximum absolute atomic E-state index is 12.0. The molecule has 1 unspecified atom stereocenters. The number of carbonyl (C=O) groups is 1. The normalized spacial score (nSPS) is 20.0. The van der Waals surface area contributed by atoms with Gasteiger partial charge in [-0.1, -0.05) is 6.07 Å². The van der Waals surface area contributed by atoms with Crippen molar-refractivity contribution in [2.45, 2.75) is 12.8 Å². The lowest BCUT2D eigenvalue weighted by atomic mass is 9.98. The molecule has 19 heavy (non-hydrogen) atoms. The van der Waals surface area contributed by atoms with Gasteiger partial charge in [-0.05, 0) is 44.5 Å². The Balaban J connectivity index is 1.86. The van der Waals surface area contributed by atoms with E-state index in [-0.39, 0.29) is 5.91 Å². The molecule has 0 bridgehead atoms. The molecule has 2 heterocycles. The fourth-order valence-corrected chi connectivity index (χ4v) is 2.41. The predicted octanol–water partition coefficient (Wildman–Crippen LogP) is 0.439. The molecule has 0 saturated carbocycles. The minimum atomic E-state index is -0.148. The molecule has 1 aromatic rings. The second-order valence-corrected chi connectivity index (χ2v) is 5.03. The van der Waals surface area contributed by atoms with Gasteiger partial charge >= 0.3 is 0 Å². The number of aromatic nitrogens is 1. The Bertz CT molecular complexity index is 437. The van der Waals surface area contributed by atoms with E-state index in [4.69, 9.17) is 5.84 Å². The van der Waals surface area contributed by atoms with Crippen LogP contribution in [0.4, 0.5) is 5.82 Å². The molecule has 6 nitrogen and oxygen atoms in total. The fourth-order valence-electron chi connectivity index (χ4n) is 2.41. The minimum absolute atomic E-state index is 0.148. The van der Waals surface area contributed by atoms with Crippen LogP contribution in [0, 0.1) is 5.92 Å². The molecule has 1 atom stereocenters. The van der Waals surface area contributed by atoms with Crippen LogP contribution in [-0.4, -0.2) is 42.5 Å². The predicted molar refractivity (Wildman–Crippen MR) is 74.6 cm³/mol. The van der Waals surface area contributed by atoms with Gasteiger partial charge in [-0.2, -0.15) is 0 Å². The Morgan fingerprint density at radius 2 is 2.42 bits per heavy atom. The van der Waals surface area contributed by atoms with Gasteiger partial charge in [-0.15, -0.1) is 0 Å². The molecule has 1 aromatic heterocycles. The first kappa shape index (κ1) is 13.8. The summed E-state index contributed by atoms with van der Waals surface area (Å²) in [4.78, 5) is 18.4. The number of nitrogens with one attached hydrogen (secondary N) is 2. The molecule has 0 aromatic carbocycles. The fraction of sp³-hybridized carbons (Fsp3) is 0.538. The van der Waals surface area contributed by atoms with Gasteiger partial charge < -0.3 is 15.6 Å². The average Bonchev–Trinajstić information content (AvgIpc) is 2.45. The molecule has 1 aliphatic heterocycles. The van der Waals surface area contributed by atoms with Crippen molar-refractivity contribution >= 4 is 11.7 Å². The number of hydrazine groups is 1. The van der Waals surface area contributed by atoms with Gasteiger partial charge in [0, 0.05) is 13.1 Å². The van der Waals surface area contributed by atoms with Crippen molar-refractivity contribution in [1.29, 1.82) is 0 Å². The topological polar surface area (TPSA) is 83.3 Å². The van der Waals surface area contributed by atoms with Gasteiger partial charge in [-0.25, -0.2) is 10.8 Å². The monoisotopic (exact) mass is 263 g/mol. The molecule has 0 aliphatic carbocycles. The summed E-state index contributed by atoms with van der Waals surface area (Å²) in [7, 11) is 2.12. The molecule has 104 valence electrons. The van der Waals surface area contributed by atoms with Gasteiger partial charge in [0.2, 0.25) is 0 Å². The first-order valence-electron chi connectivity index (χ1n) is 6.59. The number of nitrogens with zero attached hydrogens (tertiary/aromatic N) is 2. The van der Waals surface area contributed by atoms with Crippen molar-refractivity contribution in [3.05, 3.63) is 23.9 Å². The molecule has 1 amide bonds. The summed E-state index contributed by atoms with van der Waals surface area (Å²) >= 11 is 0. The van der Waals surface area contributed by atoms with E-state index in [2.05, 4.69) is 27.7 Å². The molecule has 6 heteroatoms. The Morgan fingerprint density at radius 3 is 3.16 bits per heavy atom. The van der Waals surface area contributed by atoms with E-state index in [1.165, 1.54) is 12.8 Å². The Kier molecular flexibility index (Phi) is 4.70. The lowest BCUT2D eigenvalue weighted by Gasteiger charge is -2.29. The lowest BCUT2D eigenvalue weighted by molar-refractivity contribution is 0.0932. The van der Waals surface area contributed by atoms with Crippen LogP contribution in [-0.2, 0) is 0 Å². The third-order valence-corrected chi connectivity index (χ3v) is 3.40. The molecular formula is C13H21N5O. The third kappa shape index (κ3) is 3.90. The summed E-state index contributed by atoms with van der Waals surface area (Å²) in [6.45, 7) is 2.89. The number of rotatable bonds is 4. The van der Waals surface area contributed by atoms with E-state index < -0.39 is 0 Å². The summed E-state index contributed by atoms with van der Waals surface area (Å²) in [5.41, 5.74) is 2.82. The number of hydrogen-bond acceptors (Lipinski definition) is 5. The first-order valence-corrected chi connectivity index (χ1v) is 6.59. The van der Waals surface area contributed by atoms with Crippen LogP contribution in [0.15, 0.2) is 18.2 Å². The quantitative estimate of drug-likeness (QED) is 0.542. The summed E-state index contributed by atoms with van der Waals surface area (Å²) in [6.07, 6.45) is 2.37. The molecule has 2 rings (SSSR count). The summed E-state index contributed by atoms with van der Waals surface area (Å²) in [5.74, 6) is 6.14. The second-order valence-electron chi connectivity index (χ2n) is 5.03. The number of pyridine rings is 1. The maximum Gasteiger partial charge on any atom is 0.269 e. The number of amides is 1. The Morgan fingerprint density at radius 1 is 1.58 bits per heavy atom. The largest absolute Gasteiger partial charge is 0.350 e. The smallest absolute Gasteiger partial charge is 0.269 e. The average molecular weight is 263 g/mol. The van der Waals surface area contributed by atoms with Crippen LogP contribution in [0.5, 0.6) is 0 Å². The van der Waals surface area contributed by atoms with E-state index in [0.717, 1.165) is 13.1 Å². The zero-order chi connectivity index (χ0) is 13.7. The van der Waals surface area contributed by atoms with Crippen molar-refractivity contribution < 1.29 is 4.79 Å². The summed E-state index contributed by atoms with van der Waals surface area (Å²) < 4.78 is 0. The highest BCUT2D eigenvalue weighted by atomic mass is 16.1. The maximum atomic E-state index is 12.0. The van der Waals surface area contributed by atoms with Crippen LogP contribution in [0.1, 0.15) is 23.3 Å². The molecule has 1 aliphatic rings. The van der Waals surface area contributed by atoms with Gasteiger partial charge in [0.1, 0.15) is 11.5 Å². The van der Waals surface area contributed by atoms with Crippen molar-refractivity contribution in [2.24, 2.45) is 11.8 Å². The van der Waals surface area contributed by atoms with E-state index in [9.17, 15) is 4.79 Å². The van der Waals surface area contributed by atoms with E-state index in [1.54, 1.807) is 18.2 Å². The highest BCUT2D eigenvalue weighted by Gasteiger charge is 2.18. The van der Waals surface area contributed by atoms with Crippen molar-refractivity contribution in [1.82, 2.24) is 15.2 Å². The Labute approximate surface area is 113 Å². The highest BCUT2D eigenvalue weighted by molar-refractivity contribution is 5.92. The number of hydrogen-bond donors (Lipinski definition) is 3. The third-order valence-electron chi connectivity index (χ3n) is 3.40. The van der Waals surface area contributed by atoms with Crippen LogP contribution >= 0.6 is 0 Å². The molecule has 1 saturated heterocycles. The van der Waals surface area contributed by atoms with Crippen LogP contribution in [0.25, 0.3) is 0 Å². The first-order chi connectivity index (χ1) is 9.19. The Hall–Kier alpha value is -1.66. The second kappa shape index (κ2) is 6.49. The van der Waals surface area contributed by atoms with Crippen LogP contribution in [0.3, 0.4) is 0 Å². The van der Waals surface area contributed by atoms with E-state index in [0.29, 0.717) is 24.0 Å². The molecular weight excluding hydrogens is 242 g/mol. The highest BCUT2D eigenvalue weighted by Crippen LogP contribution is 2.14. The number of nitrogens with two attached hydrogens (primary N) is 1. The molecule has 1 fully saturated rings. The van der Waals surface area contributed by atoms with Crippen molar-refractivity contribution in [2.75, 3.05) is 32.1 Å². The van der Waals surface area contributed by atoms with Crippen LogP contribution < -0.4 is 16.6 Å². The van der Waals surface area contributed by atoms with Gasteiger partial charge in [0.25, 0.3) is 5.91 Å². The number of nitrogen functional groups attached to an aromatic ring is 1. The number of likely N-dealkylation sites (tertiary alicyclic amines) is 1.